The second-order valence-corrected chi connectivity index (χ2v) is 7.51. The minimum atomic E-state index is -0.262. The van der Waals surface area contributed by atoms with E-state index >= 15 is 0 Å². The molecule has 4 rings (SSSR count). The molecular formula is C20H17FN4OS. The van der Waals surface area contributed by atoms with Gasteiger partial charge in [-0.15, -0.1) is 10.2 Å². The van der Waals surface area contributed by atoms with E-state index in [9.17, 15) is 4.39 Å². The van der Waals surface area contributed by atoms with Crippen LogP contribution in [0.1, 0.15) is 23.6 Å². The number of hydrogen-bond acceptors (Lipinski definition) is 5. The van der Waals surface area contributed by atoms with Gasteiger partial charge >= 0.3 is 0 Å². The average Bonchev–Trinajstić information content (AvgIpc) is 3.33. The van der Waals surface area contributed by atoms with Crippen LogP contribution in [0.4, 0.5) is 4.39 Å². The van der Waals surface area contributed by atoms with Gasteiger partial charge in [0.1, 0.15) is 5.82 Å². The number of hydrogen-bond donors (Lipinski definition) is 1. The molecule has 0 fully saturated rings. The average molecular weight is 380 g/mol. The number of rotatable bonds is 5. The molecule has 5 nitrogen and oxygen atoms in total. The van der Waals surface area contributed by atoms with E-state index in [-0.39, 0.29) is 11.1 Å². The van der Waals surface area contributed by atoms with E-state index in [1.807, 2.05) is 38.1 Å². The van der Waals surface area contributed by atoms with Crippen LogP contribution < -0.4 is 0 Å². The van der Waals surface area contributed by atoms with Crippen LogP contribution in [0, 0.1) is 12.7 Å². The minimum absolute atomic E-state index is 0.0658. The van der Waals surface area contributed by atoms with E-state index in [2.05, 4.69) is 20.2 Å². The molecule has 1 atom stereocenters. The summed E-state index contributed by atoms with van der Waals surface area (Å²) in [4.78, 5) is 7.61. The maximum absolute atomic E-state index is 13.1. The Morgan fingerprint density at radius 2 is 1.70 bits per heavy atom. The Balaban J connectivity index is 1.47. The van der Waals surface area contributed by atoms with Gasteiger partial charge in [-0.1, -0.05) is 29.5 Å². The number of halogens is 1. The first-order chi connectivity index (χ1) is 13.1. The molecule has 0 saturated carbocycles. The minimum Gasteiger partial charge on any atom is -0.419 e. The summed E-state index contributed by atoms with van der Waals surface area (Å²) in [5.74, 6) is 0.779. The van der Waals surface area contributed by atoms with E-state index in [4.69, 9.17) is 4.42 Å². The summed E-state index contributed by atoms with van der Waals surface area (Å²) in [6.45, 7) is 4.02. The third kappa shape index (κ3) is 3.93. The number of imidazole rings is 1. The van der Waals surface area contributed by atoms with Gasteiger partial charge in [-0.05, 0) is 55.8 Å². The molecule has 0 aliphatic heterocycles. The monoisotopic (exact) mass is 380 g/mol. The lowest BCUT2D eigenvalue weighted by Gasteiger charge is -2.03. The van der Waals surface area contributed by atoms with Crippen molar-refractivity contribution in [3.05, 3.63) is 72.0 Å². The summed E-state index contributed by atoms with van der Waals surface area (Å²) in [5, 5.41) is 8.98. The van der Waals surface area contributed by atoms with Gasteiger partial charge in [-0.3, -0.25) is 0 Å². The third-order valence-corrected chi connectivity index (χ3v) is 5.07. The Morgan fingerprint density at radius 1 is 1.00 bits per heavy atom. The topological polar surface area (TPSA) is 67.6 Å². The standard InChI is InChI=1S/C20H17FN4OS/c1-12-3-5-15(6-4-12)19-25-24-18(26-19)13(2)27-20-22-11-17(23-20)14-7-9-16(21)10-8-14/h3-11,13H,1-2H3,(H,22,23)/t13-/m1/s1. The van der Waals surface area contributed by atoms with Crippen LogP contribution in [0.25, 0.3) is 22.7 Å². The molecule has 0 aliphatic rings. The zero-order valence-electron chi connectivity index (χ0n) is 14.8. The van der Waals surface area contributed by atoms with Crippen molar-refractivity contribution in [3.63, 3.8) is 0 Å². The smallest absolute Gasteiger partial charge is 0.247 e. The summed E-state index contributed by atoms with van der Waals surface area (Å²) in [6, 6.07) is 14.2. The van der Waals surface area contributed by atoms with Crippen molar-refractivity contribution in [3.8, 4) is 22.7 Å². The maximum Gasteiger partial charge on any atom is 0.247 e. The molecule has 0 saturated heterocycles. The number of aromatic nitrogens is 4. The second-order valence-electron chi connectivity index (χ2n) is 6.18. The fourth-order valence-electron chi connectivity index (χ4n) is 2.57. The molecule has 0 radical (unpaired) electrons. The molecule has 27 heavy (non-hydrogen) atoms. The van der Waals surface area contributed by atoms with Gasteiger partial charge in [0.2, 0.25) is 11.8 Å². The Bertz CT molecular complexity index is 1040. The zero-order chi connectivity index (χ0) is 18.8. The predicted octanol–water partition coefficient (Wildman–Crippen LogP) is 5.43. The summed E-state index contributed by atoms with van der Waals surface area (Å²) in [7, 11) is 0. The molecule has 2 aromatic heterocycles. The molecule has 2 heterocycles. The number of benzene rings is 2. The summed E-state index contributed by atoms with van der Waals surface area (Å²) in [6.07, 6.45) is 1.73. The first-order valence-corrected chi connectivity index (χ1v) is 9.34. The molecule has 136 valence electrons. The number of nitrogens with one attached hydrogen (secondary N) is 1. The van der Waals surface area contributed by atoms with Gasteiger partial charge in [0.15, 0.2) is 5.16 Å². The molecule has 0 unspecified atom stereocenters. The number of thioether (sulfide) groups is 1. The molecular weight excluding hydrogens is 363 g/mol. The normalized spacial score (nSPS) is 12.3. The fourth-order valence-corrected chi connectivity index (χ4v) is 3.38. The highest BCUT2D eigenvalue weighted by Crippen LogP contribution is 2.34. The highest BCUT2D eigenvalue weighted by Gasteiger charge is 2.18. The summed E-state index contributed by atoms with van der Waals surface area (Å²) < 4.78 is 18.9. The quantitative estimate of drug-likeness (QED) is 0.468. The van der Waals surface area contributed by atoms with Gasteiger partial charge in [-0.25, -0.2) is 9.37 Å². The number of H-pyrrole nitrogens is 1. The van der Waals surface area contributed by atoms with Crippen LogP contribution in [-0.2, 0) is 0 Å². The number of aryl methyl sites for hydroxylation is 1. The van der Waals surface area contributed by atoms with Gasteiger partial charge in [0.25, 0.3) is 0 Å². The molecule has 1 N–H and O–H groups in total. The highest BCUT2D eigenvalue weighted by atomic mass is 32.2. The van der Waals surface area contributed by atoms with Crippen LogP contribution in [0.5, 0.6) is 0 Å². The van der Waals surface area contributed by atoms with Crippen molar-refractivity contribution in [1.82, 2.24) is 20.2 Å². The zero-order valence-corrected chi connectivity index (χ0v) is 15.6. The van der Waals surface area contributed by atoms with Gasteiger partial charge < -0.3 is 9.40 Å². The SMILES string of the molecule is Cc1ccc(-c2nnc([C@@H](C)Sc3ncc(-c4ccc(F)cc4)[nH]3)o2)cc1. The van der Waals surface area contributed by atoms with Crippen molar-refractivity contribution in [1.29, 1.82) is 0 Å². The highest BCUT2D eigenvalue weighted by molar-refractivity contribution is 7.99. The van der Waals surface area contributed by atoms with E-state index in [0.29, 0.717) is 11.8 Å². The molecule has 4 aromatic rings. The lowest BCUT2D eigenvalue weighted by Crippen LogP contribution is -1.89. The lowest BCUT2D eigenvalue weighted by molar-refractivity contribution is 0.509. The summed E-state index contributed by atoms with van der Waals surface area (Å²) in [5.41, 5.74) is 3.78. The summed E-state index contributed by atoms with van der Waals surface area (Å²) >= 11 is 1.49. The van der Waals surface area contributed by atoms with E-state index in [1.54, 1.807) is 18.3 Å². The van der Waals surface area contributed by atoms with Gasteiger partial charge in [0.05, 0.1) is 17.1 Å². The number of aromatic amines is 1. The van der Waals surface area contributed by atoms with Crippen molar-refractivity contribution >= 4 is 11.8 Å². The van der Waals surface area contributed by atoms with Crippen LogP contribution in [0.15, 0.2) is 64.3 Å². The Hall–Kier alpha value is -2.93. The van der Waals surface area contributed by atoms with Gasteiger partial charge in [0, 0.05) is 5.56 Å². The van der Waals surface area contributed by atoms with E-state index in [1.165, 1.54) is 29.5 Å². The molecule has 0 spiro atoms. The van der Waals surface area contributed by atoms with Crippen LogP contribution in [0.3, 0.4) is 0 Å². The van der Waals surface area contributed by atoms with Gasteiger partial charge in [-0.2, -0.15) is 0 Å². The molecule has 0 aliphatic carbocycles. The van der Waals surface area contributed by atoms with Crippen LogP contribution in [0.2, 0.25) is 0 Å². The van der Waals surface area contributed by atoms with Crippen LogP contribution >= 0.6 is 11.8 Å². The Kier molecular flexibility index (Phi) is 4.77. The molecule has 2 aromatic carbocycles. The van der Waals surface area contributed by atoms with Crippen LogP contribution in [-0.4, -0.2) is 20.2 Å². The molecule has 7 heteroatoms. The molecule has 0 amide bonds. The van der Waals surface area contributed by atoms with E-state index < -0.39 is 0 Å². The first-order valence-electron chi connectivity index (χ1n) is 8.46. The largest absolute Gasteiger partial charge is 0.419 e. The lowest BCUT2D eigenvalue weighted by atomic mass is 10.1. The molecule has 0 bridgehead atoms. The number of nitrogens with zero attached hydrogens (tertiary/aromatic N) is 3. The fraction of sp³-hybridized carbons (Fsp3) is 0.150. The third-order valence-electron chi connectivity index (χ3n) is 4.08. The van der Waals surface area contributed by atoms with Crippen molar-refractivity contribution in [2.24, 2.45) is 0 Å². The van der Waals surface area contributed by atoms with E-state index in [0.717, 1.165) is 22.0 Å². The maximum atomic E-state index is 13.1. The Morgan fingerprint density at radius 3 is 2.44 bits per heavy atom. The Labute approximate surface area is 160 Å². The first kappa shape index (κ1) is 17.5. The second kappa shape index (κ2) is 7.36. The van der Waals surface area contributed by atoms with Crippen molar-refractivity contribution in [2.75, 3.05) is 0 Å². The van der Waals surface area contributed by atoms with Crippen molar-refractivity contribution in [2.45, 2.75) is 24.3 Å². The predicted molar refractivity (Wildman–Crippen MR) is 103 cm³/mol. The van der Waals surface area contributed by atoms with Crippen molar-refractivity contribution < 1.29 is 8.81 Å².